The van der Waals surface area contributed by atoms with E-state index in [1.54, 1.807) is 6.07 Å². The predicted octanol–water partition coefficient (Wildman–Crippen LogP) is 3.66. The van der Waals surface area contributed by atoms with Gasteiger partial charge in [-0.2, -0.15) is 5.26 Å². The molecule has 0 aromatic carbocycles. The van der Waals surface area contributed by atoms with Gasteiger partial charge in [-0.3, -0.25) is 0 Å². The second kappa shape index (κ2) is 10.2. The maximum Gasteiger partial charge on any atom is 0.332 e. The number of carbonyl (C=O) groups is 1. The van der Waals surface area contributed by atoms with E-state index in [9.17, 15) is 4.79 Å². The first kappa shape index (κ1) is 14.7. The quantitative estimate of drug-likeness (QED) is 0.368. The van der Waals surface area contributed by atoms with Gasteiger partial charge in [-0.05, 0) is 12.8 Å². The molecule has 0 heterocycles. The predicted molar refractivity (Wildman–Crippen MR) is 63.9 cm³/mol. The summed E-state index contributed by atoms with van der Waals surface area (Å²) in [6, 6.07) is 1.78. The Hall–Kier alpha value is -1.30. The van der Waals surface area contributed by atoms with Gasteiger partial charge < -0.3 is 5.11 Å². The van der Waals surface area contributed by atoms with Crippen molar-refractivity contribution in [3.63, 3.8) is 0 Å². The fraction of sp³-hybridized carbons (Fsp3) is 0.692. The fourth-order valence-electron chi connectivity index (χ4n) is 1.59. The van der Waals surface area contributed by atoms with Crippen LogP contribution in [0.5, 0.6) is 0 Å². The van der Waals surface area contributed by atoms with Crippen LogP contribution in [0.3, 0.4) is 0 Å². The summed E-state index contributed by atoms with van der Waals surface area (Å²) in [4.78, 5) is 10.7. The highest BCUT2D eigenvalue weighted by atomic mass is 16.4. The van der Waals surface area contributed by atoms with Crippen LogP contribution < -0.4 is 0 Å². The number of unbranched alkanes of at least 4 members (excludes halogenated alkanes) is 6. The molecule has 0 atom stereocenters. The number of carboxylic acids is 1. The monoisotopic (exact) mass is 223 g/mol. The number of rotatable bonds is 9. The lowest BCUT2D eigenvalue weighted by Crippen LogP contribution is -2.00. The minimum Gasteiger partial charge on any atom is -0.478 e. The average molecular weight is 223 g/mol. The van der Waals surface area contributed by atoms with E-state index in [1.807, 2.05) is 0 Å². The van der Waals surface area contributed by atoms with Crippen LogP contribution in [0.4, 0.5) is 0 Å². The van der Waals surface area contributed by atoms with Crippen molar-refractivity contribution in [2.75, 3.05) is 0 Å². The molecule has 0 aliphatic heterocycles. The van der Waals surface area contributed by atoms with Crippen LogP contribution in [0.15, 0.2) is 11.6 Å². The minimum absolute atomic E-state index is 0.232. The summed E-state index contributed by atoms with van der Waals surface area (Å²) in [7, 11) is 0. The number of hydrogen-bond acceptors (Lipinski definition) is 2. The molecule has 16 heavy (non-hydrogen) atoms. The van der Waals surface area contributed by atoms with Crippen LogP contribution >= 0.6 is 0 Å². The summed E-state index contributed by atoms with van der Waals surface area (Å²) in [6.07, 6.45) is 9.78. The topological polar surface area (TPSA) is 61.1 Å². The van der Waals surface area contributed by atoms with E-state index in [1.165, 1.54) is 32.1 Å². The maximum atomic E-state index is 10.7. The Bertz CT molecular complexity index is 264. The summed E-state index contributed by atoms with van der Waals surface area (Å²) >= 11 is 0. The number of hydrogen-bond donors (Lipinski definition) is 1. The van der Waals surface area contributed by atoms with Crippen LogP contribution in [-0.4, -0.2) is 11.1 Å². The second-order valence-electron chi connectivity index (χ2n) is 3.98. The molecule has 0 aromatic rings. The summed E-state index contributed by atoms with van der Waals surface area (Å²) in [6.45, 7) is 2.19. The third-order valence-electron chi connectivity index (χ3n) is 2.56. The highest BCUT2D eigenvalue weighted by Crippen LogP contribution is 2.12. The third-order valence-corrected chi connectivity index (χ3v) is 2.56. The van der Waals surface area contributed by atoms with E-state index in [0.29, 0.717) is 6.42 Å². The van der Waals surface area contributed by atoms with E-state index in [2.05, 4.69) is 6.92 Å². The Morgan fingerprint density at radius 3 is 2.25 bits per heavy atom. The highest BCUT2D eigenvalue weighted by molar-refractivity contribution is 5.87. The smallest absolute Gasteiger partial charge is 0.332 e. The molecule has 0 spiro atoms. The van der Waals surface area contributed by atoms with Gasteiger partial charge in [0.2, 0.25) is 0 Å². The molecular weight excluding hydrogens is 202 g/mol. The first-order valence-electron chi connectivity index (χ1n) is 6.04. The molecule has 0 saturated heterocycles. The second-order valence-corrected chi connectivity index (χ2v) is 3.98. The molecule has 3 nitrogen and oxygen atoms in total. The first-order chi connectivity index (χ1) is 7.72. The zero-order chi connectivity index (χ0) is 12.2. The standard InChI is InChI=1S/C13H21NO2/c1-2-3-4-5-6-7-8-9-12(10-11-14)13(15)16/h10H,2-9H2,1H3,(H,15,16)/b12-10-. The lowest BCUT2D eigenvalue weighted by Gasteiger charge is -2.01. The number of allylic oxidation sites excluding steroid dienone is 1. The van der Waals surface area contributed by atoms with E-state index < -0.39 is 5.97 Å². The van der Waals surface area contributed by atoms with Gasteiger partial charge in [0, 0.05) is 11.6 Å². The zero-order valence-electron chi connectivity index (χ0n) is 10.0. The molecule has 90 valence electrons. The summed E-state index contributed by atoms with van der Waals surface area (Å²) in [5, 5.41) is 17.2. The Morgan fingerprint density at radius 1 is 1.19 bits per heavy atom. The van der Waals surface area contributed by atoms with Crippen molar-refractivity contribution in [3.8, 4) is 6.07 Å². The Kier molecular flexibility index (Phi) is 9.39. The minimum atomic E-state index is -0.965. The molecule has 0 bridgehead atoms. The number of carboxylic acid groups (broad SMARTS) is 1. The van der Waals surface area contributed by atoms with E-state index in [-0.39, 0.29) is 5.57 Å². The molecule has 0 rings (SSSR count). The van der Waals surface area contributed by atoms with Crippen molar-refractivity contribution in [2.24, 2.45) is 0 Å². The lowest BCUT2D eigenvalue weighted by atomic mass is 10.0. The number of nitriles is 1. The number of nitrogens with zero attached hydrogens (tertiary/aromatic N) is 1. The molecule has 0 radical (unpaired) electrons. The van der Waals surface area contributed by atoms with Crippen LogP contribution in [0.2, 0.25) is 0 Å². The van der Waals surface area contributed by atoms with Crippen molar-refractivity contribution in [1.29, 1.82) is 5.26 Å². The first-order valence-corrected chi connectivity index (χ1v) is 6.04. The molecule has 0 aliphatic carbocycles. The van der Waals surface area contributed by atoms with E-state index in [0.717, 1.165) is 18.9 Å². The van der Waals surface area contributed by atoms with Crippen molar-refractivity contribution in [3.05, 3.63) is 11.6 Å². The van der Waals surface area contributed by atoms with Crippen LogP contribution in [0.25, 0.3) is 0 Å². The van der Waals surface area contributed by atoms with Crippen LogP contribution in [0, 0.1) is 11.3 Å². The normalized spacial score (nSPS) is 11.1. The Balaban J connectivity index is 3.53. The van der Waals surface area contributed by atoms with Gasteiger partial charge in [-0.25, -0.2) is 4.79 Å². The molecular formula is C13H21NO2. The molecule has 1 N–H and O–H groups in total. The van der Waals surface area contributed by atoms with Crippen LogP contribution in [-0.2, 0) is 4.79 Å². The van der Waals surface area contributed by atoms with Gasteiger partial charge in [0.25, 0.3) is 0 Å². The Labute approximate surface area is 97.8 Å². The third kappa shape index (κ3) is 8.05. The average Bonchev–Trinajstić information content (AvgIpc) is 2.26. The maximum absolute atomic E-state index is 10.7. The van der Waals surface area contributed by atoms with Gasteiger partial charge in [-0.15, -0.1) is 0 Å². The lowest BCUT2D eigenvalue weighted by molar-refractivity contribution is -0.132. The van der Waals surface area contributed by atoms with Gasteiger partial charge in [-0.1, -0.05) is 45.4 Å². The highest BCUT2D eigenvalue weighted by Gasteiger charge is 2.05. The fourth-order valence-corrected chi connectivity index (χ4v) is 1.59. The van der Waals surface area contributed by atoms with E-state index in [4.69, 9.17) is 10.4 Å². The van der Waals surface area contributed by atoms with Gasteiger partial charge in [0.1, 0.15) is 0 Å². The summed E-state index contributed by atoms with van der Waals surface area (Å²) < 4.78 is 0. The molecule has 0 aromatic heterocycles. The van der Waals surface area contributed by atoms with Crippen molar-refractivity contribution in [1.82, 2.24) is 0 Å². The Morgan fingerprint density at radius 2 is 1.75 bits per heavy atom. The summed E-state index contributed by atoms with van der Waals surface area (Å²) in [5.74, 6) is -0.965. The zero-order valence-corrected chi connectivity index (χ0v) is 10.0. The molecule has 3 heteroatoms. The van der Waals surface area contributed by atoms with Crippen LogP contribution in [0.1, 0.15) is 58.3 Å². The van der Waals surface area contributed by atoms with Gasteiger partial charge in [0.15, 0.2) is 0 Å². The summed E-state index contributed by atoms with van der Waals surface area (Å²) in [5.41, 5.74) is 0.232. The molecule has 0 amide bonds. The van der Waals surface area contributed by atoms with Crippen molar-refractivity contribution >= 4 is 5.97 Å². The molecule has 0 aliphatic rings. The SMILES string of the molecule is CCCCCCCCC/C(=C/C#N)C(=O)O. The molecule has 0 unspecified atom stereocenters. The van der Waals surface area contributed by atoms with Gasteiger partial charge >= 0.3 is 5.97 Å². The molecule has 0 saturated carbocycles. The largest absolute Gasteiger partial charge is 0.478 e. The molecule has 0 fully saturated rings. The van der Waals surface area contributed by atoms with Crippen molar-refractivity contribution < 1.29 is 9.90 Å². The van der Waals surface area contributed by atoms with Crippen molar-refractivity contribution in [2.45, 2.75) is 58.3 Å². The van der Waals surface area contributed by atoms with Gasteiger partial charge in [0.05, 0.1) is 6.07 Å². The van der Waals surface area contributed by atoms with E-state index >= 15 is 0 Å². The number of aliphatic carboxylic acids is 1.